The first-order valence-electron chi connectivity index (χ1n) is 3.05. The second kappa shape index (κ2) is 5.45. The highest BCUT2D eigenvalue weighted by molar-refractivity contribution is 7.98. The Morgan fingerprint density at radius 1 is 1.62 bits per heavy atom. The summed E-state index contributed by atoms with van der Waals surface area (Å²) < 4.78 is 0. The fourth-order valence-electron chi connectivity index (χ4n) is 0.668. The molecule has 0 radical (unpaired) electrons. The molecule has 1 nitrogen and oxygen atoms in total. The molecule has 0 rings (SSSR count). The molecule has 0 unspecified atom stereocenters. The van der Waals surface area contributed by atoms with Crippen molar-refractivity contribution in [3.8, 4) is 0 Å². The van der Waals surface area contributed by atoms with E-state index in [4.69, 9.17) is 5.73 Å². The molecule has 0 amide bonds. The lowest BCUT2D eigenvalue weighted by Gasteiger charge is -2.05. The Morgan fingerprint density at radius 3 is 2.62 bits per heavy atom. The van der Waals surface area contributed by atoms with Crippen molar-refractivity contribution in [3.63, 3.8) is 0 Å². The molecule has 50 valence electrons. The third kappa shape index (κ3) is 4.47. The van der Waals surface area contributed by atoms with Crippen LogP contribution in [0.4, 0.5) is 0 Å². The smallest absolute Gasteiger partial charge is 0.0130 e. The van der Waals surface area contributed by atoms with Crippen molar-refractivity contribution in [1.82, 2.24) is 0 Å². The molecule has 0 aromatic carbocycles. The van der Waals surface area contributed by atoms with Crippen molar-refractivity contribution < 1.29 is 0 Å². The van der Waals surface area contributed by atoms with Crippen molar-refractivity contribution in [3.05, 3.63) is 0 Å². The fraction of sp³-hybridized carbons (Fsp3) is 1.00. The maximum atomic E-state index is 5.67. The van der Waals surface area contributed by atoms with Crippen LogP contribution >= 0.6 is 11.8 Å². The zero-order chi connectivity index (χ0) is 6.41. The summed E-state index contributed by atoms with van der Waals surface area (Å²) in [5, 5.41) is 0. The van der Waals surface area contributed by atoms with Gasteiger partial charge in [0.05, 0.1) is 0 Å². The highest BCUT2D eigenvalue weighted by Crippen LogP contribution is 1.99. The molecule has 0 bridgehead atoms. The topological polar surface area (TPSA) is 26.0 Å². The Kier molecular flexibility index (Phi) is 5.66. The summed E-state index contributed by atoms with van der Waals surface area (Å²) in [4.78, 5) is 0. The van der Waals surface area contributed by atoms with E-state index in [0.717, 1.165) is 5.75 Å². The summed E-state index contributed by atoms with van der Waals surface area (Å²) in [7, 11) is 0. The molecule has 8 heavy (non-hydrogen) atoms. The van der Waals surface area contributed by atoms with Crippen LogP contribution in [0.25, 0.3) is 0 Å². The van der Waals surface area contributed by atoms with Gasteiger partial charge in [0.25, 0.3) is 0 Å². The molecule has 2 N–H and O–H groups in total. The number of nitrogens with two attached hydrogens (primary N) is 1. The van der Waals surface area contributed by atoms with E-state index in [9.17, 15) is 0 Å². The molecule has 0 fully saturated rings. The van der Waals surface area contributed by atoms with E-state index in [1.54, 1.807) is 0 Å². The van der Waals surface area contributed by atoms with E-state index in [1.165, 1.54) is 12.8 Å². The van der Waals surface area contributed by atoms with Gasteiger partial charge < -0.3 is 5.73 Å². The Hall–Kier alpha value is 0.310. The lowest BCUT2D eigenvalue weighted by molar-refractivity contribution is 0.661. The Balaban J connectivity index is 2.92. The molecule has 1 atom stereocenters. The standard InChI is InChI=1S/C6H15NS/c1-3-4-6(7)5-8-2/h6H,3-5,7H2,1-2H3/t6-/m0/s1. The van der Waals surface area contributed by atoms with Crippen LogP contribution in [0.5, 0.6) is 0 Å². The average Bonchev–Trinajstić information content (AvgIpc) is 1.68. The van der Waals surface area contributed by atoms with Crippen LogP contribution in [-0.2, 0) is 0 Å². The lowest BCUT2D eigenvalue weighted by atomic mass is 10.2. The van der Waals surface area contributed by atoms with E-state index >= 15 is 0 Å². The van der Waals surface area contributed by atoms with E-state index in [-0.39, 0.29) is 0 Å². The van der Waals surface area contributed by atoms with Crippen molar-refractivity contribution in [2.24, 2.45) is 5.73 Å². The first-order valence-corrected chi connectivity index (χ1v) is 4.45. The zero-order valence-corrected chi connectivity index (χ0v) is 6.50. The van der Waals surface area contributed by atoms with Crippen LogP contribution in [0.15, 0.2) is 0 Å². The molecule has 0 saturated carbocycles. The average molecular weight is 133 g/mol. The molecule has 0 aliphatic rings. The van der Waals surface area contributed by atoms with Gasteiger partial charge in [-0.2, -0.15) is 11.8 Å². The Labute approximate surface area is 56.0 Å². The van der Waals surface area contributed by atoms with Crippen molar-refractivity contribution >= 4 is 11.8 Å². The van der Waals surface area contributed by atoms with E-state index in [2.05, 4.69) is 13.2 Å². The van der Waals surface area contributed by atoms with Crippen molar-refractivity contribution in [2.45, 2.75) is 25.8 Å². The minimum Gasteiger partial charge on any atom is -0.327 e. The van der Waals surface area contributed by atoms with E-state index in [1.807, 2.05) is 11.8 Å². The van der Waals surface area contributed by atoms with Gasteiger partial charge in [0.2, 0.25) is 0 Å². The minimum absolute atomic E-state index is 0.426. The normalized spacial score (nSPS) is 13.9. The van der Waals surface area contributed by atoms with Gasteiger partial charge in [-0.05, 0) is 12.7 Å². The molecule has 0 aromatic heterocycles. The van der Waals surface area contributed by atoms with Crippen LogP contribution in [0.3, 0.4) is 0 Å². The maximum absolute atomic E-state index is 5.67. The van der Waals surface area contributed by atoms with Crippen LogP contribution in [-0.4, -0.2) is 18.1 Å². The quantitative estimate of drug-likeness (QED) is 0.628. The van der Waals surface area contributed by atoms with Gasteiger partial charge in [0.15, 0.2) is 0 Å². The van der Waals surface area contributed by atoms with Crippen molar-refractivity contribution in [2.75, 3.05) is 12.0 Å². The maximum Gasteiger partial charge on any atom is 0.0130 e. The molecule has 0 aromatic rings. The SMILES string of the molecule is CCC[C@H](N)CSC. The van der Waals surface area contributed by atoms with E-state index < -0.39 is 0 Å². The predicted molar refractivity (Wildman–Crippen MR) is 41.3 cm³/mol. The predicted octanol–water partition coefficient (Wildman–Crippen LogP) is 1.48. The Morgan fingerprint density at radius 2 is 2.25 bits per heavy atom. The van der Waals surface area contributed by atoms with Crippen LogP contribution in [0, 0.1) is 0 Å². The van der Waals surface area contributed by atoms with Crippen molar-refractivity contribution in [1.29, 1.82) is 0 Å². The summed E-state index contributed by atoms with van der Waals surface area (Å²) in [6.07, 6.45) is 4.47. The van der Waals surface area contributed by atoms with Gasteiger partial charge in [-0.3, -0.25) is 0 Å². The second-order valence-corrected chi connectivity index (χ2v) is 2.91. The van der Waals surface area contributed by atoms with Gasteiger partial charge in [-0.15, -0.1) is 0 Å². The summed E-state index contributed by atoms with van der Waals surface area (Å²) in [5.74, 6) is 1.10. The number of rotatable bonds is 4. The number of thioether (sulfide) groups is 1. The number of hydrogen-bond acceptors (Lipinski definition) is 2. The van der Waals surface area contributed by atoms with E-state index in [0.29, 0.717) is 6.04 Å². The van der Waals surface area contributed by atoms with Gasteiger partial charge in [-0.25, -0.2) is 0 Å². The fourth-order valence-corrected chi connectivity index (χ4v) is 1.26. The van der Waals surface area contributed by atoms with Gasteiger partial charge in [0.1, 0.15) is 0 Å². The molecular formula is C6H15NS. The summed E-state index contributed by atoms with van der Waals surface area (Å²) in [6, 6.07) is 0.426. The molecule has 0 aliphatic heterocycles. The Bertz CT molecular complexity index is 41.8. The van der Waals surface area contributed by atoms with Crippen LogP contribution in [0.2, 0.25) is 0 Å². The molecular weight excluding hydrogens is 118 g/mol. The third-order valence-electron chi connectivity index (χ3n) is 1.04. The highest BCUT2D eigenvalue weighted by Gasteiger charge is 1.96. The van der Waals surface area contributed by atoms with Gasteiger partial charge in [0, 0.05) is 11.8 Å². The second-order valence-electron chi connectivity index (χ2n) is 2.00. The first-order chi connectivity index (χ1) is 3.81. The molecule has 2 heteroatoms. The molecule has 0 aliphatic carbocycles. The zero-order valence-electron chi connectivity index (χ0n) is 5.68. The molecule has 0 saturated heterocycles. The summed E-state index contributed by atoms with van der Waals surface area (Å²) >= 11 is 1.82. The highest BCUT2D eigenvalue weighted by atomic mass is 32.2. The third-order valence-corrected chi connectivity index (χ3v) is 1.80. The number of hydrogen-bond donors (Lipinski definition) is 1. The summed E-state index contributed by atoms with van der Waals surface area (Å²) in [6.45, 7) is 2.17. The monoisotopic (exact) mass is 133 g/mol. The minimum atomic E-state index is 0.426. The van der Waals surface area contributed by atoms with Gasteiger partial charge >= 0.3 is 0 Å². The largest absolute Gasteiger partial charge is 0.327 e. The molecule has 0 heterocycles. The first kappa shape index (κ1) is 8.31. The lowest BCUT2D eigenvalue weighted by Crippen LogP contribution is -2.21. The van der Waals surface area contributed by atoms with Crippen LogP contribution < -0.4 is 5.73 Å². The van der Waals surface area contributed by atoms with Gasteiger partial charge in [-0.1, -0.05) is 13.3 Å². The van der Waals surface area contributed by atoms with Crippen LogP contribution in [0.1, 0.15) is 19.8 Å². The molecule has 0 spiro atoms. The summed E-state index contributed by atoms with van der Waals surface area (Å²) in [5.41, 5.74) is 5.67.